The number of nitrogens with zero attached hydrogens (tertiary/aromatic N) is 3. The smallest absolute Gasteiger partial charge is 0.257 e. The molecular formula is C16H21N3O2. The summed E-state index contributed by atoms with van der Waals surface area (Å²) in [6.45, 7) is 8.38. The topological polar surface area (TPSA) is 51.3 Å². The Labute approximate surface area is 124 Å². The van der Waals surface area contributed by atoms with Crippen LogP contribution in [0.3, 0.4) is 0 Å². The van der Waals surface area contributed by atoms with E-state index in [0.717, 1.165) is 37.6 Å². The minimum Gasteiger partial charge on any atom is -0.466 e. The van der Waals surface area contributed by atoms with Crippen LogP contribution in [0.25, 0.3) is 0 Å². The number of aryl methyl sites for hydroxylation is 3. The first-order chi connectivity index (χ1) is 10.1. The number of hydrogen-bond donors (Lipinski definition) is 0. The normalized spacial score (nSPS) is 15.3. The summed E-state index contributed by atoms with van der Waals surface area (Å²) < 4.78 is 7.63. The van der Waals surface area contributed by atoms with Crippen molar-refractivity contribution in [1.29, 1.82) is 0 Å². The molecule has 0 aromatic carbocycles. The zero-order valence-electron chi connectivity index (χ0n) is 12.8. The van der Waals surface area contributed by atoms with Crippen molar-refractivity contribution in [2.45, 2.75) is 33.7 Å². The van der Waals surface area contributed by atoms with Crippen molar-refractivity contribution in [3.63, 3.8) is 0 Å². The Balaban J connectivity index is 1.58. The molecule has 5 heteroatoms. The van der Waals surface area contributed by atoms with Crippen LogP contribution in [0.15, 0.2) is 22.9 Å². The summed E-state index contributed by atoms with van der Waals surface area (Å²) in [6, 6.07) is 1.83. The van der Waals surface area contributed by atoms with Crippen molar-refractivity contribution in [2.75, 3.05) is 13.1 Å². The van der Waals surface area contributed by atoms with Gasteiger partial charge in [0.25, 0.3) is 5.91 Å². The minimum absolute atomic E-state index is 0.0851. The van der Waals surface area contributed by atoms with Gasteiger partial charge in [0.05, 0.1) is 5.56 Å². The van der Waals surface area contributed by atoms with Gasteiger partial charge in [0.1, 0.15) is 17.3 Å². The van der Waals surface area contributed by atoms with Crippen LogP contribution in [0.2, 0.25) is 0 Å². The molecule has 0 spiro atoms. The largest absolute Gasteiger partial charge is 0.466 e. The summed E-state index contributed by atoms with van der Waals surface area (Å²) >= 11 is 0. The molecule has 112 valence electrons. The molecule has 21 heavy (non-hydrogen) atoms. The molecule has 0 bridgehead atoms. The van der Waals surface area contributed by atoms with Gasteiger partial charge in [-0.25, -0.2) is 4.98 Å². The van der Waals surface area contributed by atoms with Crippen LogP contribution >= 0.6 is 0 Å². The van der Waals surface area contributed by atoms with Gasteiger partial charge in [-0.1, -0.05) is 6.92 Å². The predicted molar refractivity (Wildman–Crippen MR) is 79.2 cm³/mol. The molecule has 3 rings (SSSR count). The minimum atomic E-state index is 0.0851. The first-order valence-electron chi connectivity index (χ1n) is 7.44. The van der Waals surface area contributed by atoms with E-state index in [1.807, 2.05) is 37.2 Å². The molecule has 0 atom stereocenters. The van der Waals surface area contributed by atoms with Crippen LogP contribution in [-0.2, 0) is 13.0 Å². The highest BCUT2D eigenvalue weighted by Crippen LogP contribution is 2.23. The van der Waals surface area contributed by atoms with Gasteiger partial charge in [0.15, 0.2) is 0 Å². The summed E-state index contributed by atoms with van der Waals surface area (Å²) in [7, 11) is 0. The van der Waals surface area contributed by atoms with Crippen molar-refractivity contribution < 1.29 is 9.21 Å². The highest BCUT2D eigenvalue weighted by Gasteiger charge is 2.33. The number of likely N-dealkylation sites (tertiary alicyclic amines) is 1. The summed E-state index contributed by atoms with van der Waals surface area (Å²) in [4.78, 5) is 18.6. The van der Waals surface area contributed by atoms with E-state index in [2.05, 4.69) is 16.5 Å². The number of aromatic nitrogens is 2. The van der Waals surface area contributed by atoms with Gasteiger partial charge < -0.3 is 13.9 Å². The molecule has 2 aromatic rings. The van der Waals surface area contributed by atoms with E-state index >= 15 is 0 Å². The number of hydrogen-bond acceptors (Lipinski definition) is 3. The Kier molecular flexibility index (Phi) is 3.57. The van der Waals surface area contributed by atoms with Gasteiger partial charge >= 0.3 is 0 Å². The molecule has 0 unspecified atom stereocenters. The molecule has 3 heterocycles. The Morgan fingerprint density at radius 3 is 2.81 bits per heavy atom. The highest BCUT2D eigenvalue weighted by molar-refractivity contribution is 5.95. The third-order valence-electron chi connectivity index (χ3n) is 4.09. The first-order valence-corrected chi connectivity index (χ1v) is 7.44. The van der Waals surface area contributed by atoms with Crippen LogP contribution in [0, 0.1) is 19.8 Å². The lowest BCUT2D eigenvalue weighted by atomic mass is 9.98. The zero-order valence-corrected chi connectivity index (χ0v) is 12.8. The molecule has 1 saturated heterocycles. The van der Waals surface area contributed by atoms with E-state index in [1.54, 1.807) is 0 Å². The SMILES string of the molecule is CCc1nccn1CC1CN(C(=O)c2cc(C)oc2C)C1. The van der Waals surface area contributed by atoms with Crippen LogP contribution < -0.4 is 0 Å². The number of rotatable bonds is 4. The van der Waals surface area contributed by atoms with Crippen LogP contribution in [0.4, 0.5) is 0 Å². The summed E-state index contributed by atoms with van der Waals surface area (Å²) in [5.74, 6) is 3.22. The van der Waals surface area contributed by atoms with E-state index in [4.69, 9.17) is 4.42 Å². The monoisotopic (exact) mass is 287 g/mol. The lowest BCUT2D eigenvalue weighted by molar-refractivity contribution is 0.0465. The van der Waals surface area contributed by atoms with E-state index in [-0.39, 0.29) is 5.91 Å². The second-order valence-corrected chi connectivity index (χ2v) is 5.75. The van der Waals surface area contributed by atoms with Crippen molar-refractivity contribution in [2.24, 2.45) is 5.92 Å². The zero-order chi connectivity index (χ0) is 15.0. The lowest BCUT2D eigenvalue weighted by Gasteiger charge is -2.39. The van der Waals surface area contributed by atoms with Gasteiger partial charge in [-0.2, -0.15) is 0 Å². The van der Waals surface area contributed by atoms with Crippen molar-refractivity contribution >= 4 is 5.91 Å². The molecule has 1 amide bonds. The Hall–Kier alpha value is -2.04. The Bertz CT molecular complexity index is 650. The molecule has 0 aliphatic carbocycles. The average molecular weight is 287 g/mol. The second kappa shape index (κ2) is 5.39. The number of carbonyl (C=O) groups is 1. The molecule has 0 N–H and O–H groups in total. The van der Waals surface area contributed by atoms with Crippen LogP contribution in [0.5, 0.6) is 0 Å². The maximum Gasteiger partial charge on any atom is 0.257 e. The molecule has 5 nitrogen and oxygen atoms in total. The third-order valence-corrected chi connectivity index (χ3v) is 4.09. The lowest BCUT2D eigenvalue weighted by Crippen LogP contribution is -2.51. The first kappa shape index (κ1) is 13.9. The molecule has 1 aliphatic rings. The van der Waals surface area contributed by atoms with Crippen LogP contribution in [0.1, 0.15) is 34.6 Å². The Morgan fingerprint density at radius 1 is 1.43 bits per heavy atom. The standard InChI is InChI=1S/C16H21N3O2/c1-4-15-17-5-6-18(15)8-13-9-19(10-13)16(20)14-7-11(2)21-12(14)3/h5-7,13H,4,8-10H2,1-3H3. The highest BCUT2D eigenvalue weighted by atomic mass is 16.3. The maximum atomic E-state index is 12.4. The number of imidazole rings is 1. The fraction of sp³-hybridized carbons (Fsp3) is 0.500. The second-order valence-electron chi connectivity index (χ2n) is 5.75. The van der Waals surface area contributed by atoms with Crippen molar-refractivity contribution in [1.82, 2.24) is 14.5 Å². The summed E-state index contributed by atoms with van der Waals surface area (Å²) in [5, 5.41) is 0. The molecular weight excluding hydrogens is 266 g/mol. The van der Waals surface area contributed by atoms with E-state index < -0.39 is 0 Å². The number of amides is 1. The summed E-state index contributed by atoms with van der Waals surface area (Å²) in [6.07, 6.45) is 4.81. The van der Waals surface area contributed by atoms with Gasteiger partial charge in [0, 0.05) is 44.4 Å². The number of carbonyl (C=O) groups excluding carboxylic acids is 1. The van der Waals surface area contributed by atoms with E-state index in [0.29, 0.717) is 17.2 Å². The van der Waals surface area contributed by atoms with Crippen molar-refractivity contribution in [3.05, 3.63) is 41.4 Å². The van der Waals surface area contributed by atoms with Crippen LogP contribution in [-0.4, -0.2) is 33.4 Å². The molecule has 2 aromatic heterocycles. The maximum absolute atomic E-state index is 12.4. The Morgan fingerprint density at radius 2 is 2.19 bits per heavy atom. The van der Waals surface area contributed by atoms with Gasteiger partial charge in [-0.15, -0.1) is 0 Å². The van der Waals surface area contributed by atoms with Gasteiger partial charge in [0.2, 0.25) is 0 Å². The summed E-state index contributed by atoms with van der Waals surface area (Å²) in [5.41, 5.74) is 0.697. The van der Waals surface area contributed by atoms with E-state index in [9.17, 15) is 4.79 Å². The van der Waals surface area contributed by atoms with E-state index in [1.165, 1.54) is 0 Å². The third kappa shape index (κ3) is 2.60. The predicted octanol–water partition coefficient (Wildman–Crippen LogP) is 2.43. The molecule has 1 fully saturated rings. The van der Waals surface area contributed by atoms with Crippen molar-refractivity contribution in [3.8, 4) is 0 Å². The average Bonchev–Trinajstić information content (AvgIpc) is 2.98. The fourth-order valence-electron chi connectivity index (χ4n) is 2.96. The van der Waals surface area contributed by atoms with Gasteiger partial charge in [-0.05, 0) is 19.9 Å². The quantitative estimate of drug-likeness (QED) is 0.868. The molecule has 1 aliphatic heterocycles. The fourth-order valence-corrected chi connectivity index (χ4v) is 2.96. The molecule has 0 saturated carbocycles. The number of furan rings is 1. The van der Waals surface area contributed by atoms with Gasteiger partial charge in [-0.3, -0.25) is 4.79 Å². The molecule has 0 radical (unpaired) electrons.